The average Bonchev–Trinajstić information content (AvgIpc) is 3.17. The Kier molecular flexibility index (Phi) is 4.40. The van der Waals surface area contributed by atoms with Gasteiger partial charge in [0.1, 0.15) is 11.4 Å². The molecule has 1 aromatic heterocycles. The molecule has 3 saturated heterocycles. The monoisotopic (exact) mass is 346 g/mol. The van der Waals surface area contributed by atoms with Crippen LogP contribution in [-0.4, -0.2) is 51.5 Å². The minimum atomic E-state index is -0.874. The van der Waals surface area contributed by atoms with Crippen molar-refractivity contribution >= 4 is 5.91 Å². The van der Waals surface area contributed by atoms with Gasteiger partial charge in [0.25, 0.3) is 0 Å². The van der Waals surface area contributed by atoms with Crippen LogP contribution in [0.1, 0.15) is 64.6 Å². The van der Waals surface area contributed by atoms with E-state index in [9.17, 15) is 9.90 Å². The fourth-order valence-corrected chi connectivity index (χ4v) is 5.47. The van der Waals surface area contributed by atoms with Gasteiger partial charge >= 0.3 is 0 Å². The number of fused-ring (bicyclic) bond motifs is 2. The lowest BCUT2D eigenvalue weighted by Crippen LogP contribution is -2.55. The Morgan fingerprint density at radius 2 is 1.84 bits per heavy atom. The molecule has 0 aliphatic carbocycles. The normalized spacial score (nSPS) is 38.9. The van der Waals surface area contributed by atoms with Gasteiger partial charge < -0.3 is 14.4 Å². The van der Waals surface area contributed by atoms with Crippen LogP contribution in [0.25, 0.3) is 0 Å². The predicted octanol–water partition coefficient (Wildman–Crippen LogP) is 2.88. The fourth-order valence-electron chi connectivity index (χ4n) is 5.47. The fraction of sp³-hybridized carbons (Fsp3) is 0.750. The van der Waals surface area contributed by atoms with Crippen molar-refractivity contribution in [3.63, 3.8) is 0 Å². The molecule has 4 rings (SSSR count). The van der Waals surface area contributed by atoms with E-state index in [-0.39, 0.29) is 18.0 Å². The minimum absolute atomic E-state index is 0.264. The van der Waals surface area contributed by atoms with E-state index in [2.05, 4.69) is 23.6 Å². The SMILES string of the molecule is CC1CCCC(C)N1C(=O)CN1C2CCC1CC(O)(c1ccco1)C2. The molecule has 1 aromatic rings. The molecule has 4 heterocycles. The summed E-state index contributed by atoms with van der Waals surface area (Å²) >= 11 is 0. The van der Waals surface area contributed by atoms with Gasteiger partial charge in [-0.15, -0.1) is 0 Å². The predicted molar refractivity (Wildman–Crippen MR) is 95.0 cm³/mol. The van der Waals surface area contributed by atoms with Crippen LogP contribution in [0, 0.1) is 0 Å². The highest BCUT2D eigenvalue weighted by Gasteiger charge is 2.50. The van der Waals surface area contributed by atoms with E-state index in [0.29, 0.717) is 37.2 Å². The molecule has 3 fully saturated rings. The number of nitrogens with zero attached hydrogens (tertiary/aromatic N) is 2. The quantitative estimate of drug-likeness (QED) is 0.914. The second kappa shape index (κ2) is 6.44. The van der Waals surface area contributed by atoms with Gasteiger partial charge in [-0.2, -0.15) is 0 Å². The molecule has 2 bridgehead atoms. The zero-order valence-corrected chi connectivity index (χ0v) is 15.4. The van der Waals surface area contributed by atoms with Gasteiger partial charge in [-0.25, -0.2) is 0 Å². The summed E-state index contributed by atoms with van der Waals surface area (Å²) < 4.78 is 5.50. The van der Waals surface area contributed by atoms with E-state index in [1.807, 2.05) is 12.1 Å². The zero-order valence-electron chi connectivity index (χ0n) is 15.4. The Hall–Kier alpha value is -1.33. The molecule has 0 aromatic carbocycles. The van der Waals surface area contributed by atoms with Crippen LogP contribution in [0.15, 0.2) is 22.8 Å². The summed E-state index contributed by atoms with van der Waals surface area (Å²) in [5.74, 6) is 0.939. The molecule has 4 unspecified atom stereocenters. The second-order valence-corrected chi connectivity index (χ2v) is 8.40. The van der Waals surface area contributed by atoms with Crippen molar-refractivity contribution in [1.82, 2.24) is 9.80 Å². The molecule has 5 heteroatoms. The Bertz CT molecular complexity index is 590. The summed E-state index contributed by atoms with van der Waals surface area (Å²) in [6.07, 6.45) is 8.52. The number of aliphatic hydroxyl groups is 1. The molecule has 1 N–H and O–H groups in total. The van der Waals surface area contributed by atoms with Gasteiger partial charge in [0.15, 0.2) is 0 Å². The molecule has 4 atom stereocenters. The summed E-state index contributed by atoms with van der Waals surface area (Å²) in [4.78, 5) is 17.5. The minimum Gasteiger partial charge on any atom is -0.466 e. The van der Waals surface area contributed by atoms with Gasteiger partial charge in [0, 0.05) is 24.2 Å². The lowest BCUT2D eigenvalue weighted by atomic mass is 9.84. The molecule has 1 amide bonds. The third-order valence-corrected chi connectivity index (χ3v) is 6.70. The smallest absolute Gasteiger partial charge is 0.237 e. The summed E-state index contributed by atoms with van der Waals surface area (Å²) in [5, 5.41) is 11.1. The Morgan fingerprint density at radius 1 is 1.20 bits per heavy atom. The third kappa shape index (κ3) is 3.02. The van der Waals surface area contributed by atoms with Crippen LogP contribution < -0.4 is 0 Å². The number of amides is 1. The Balaban J connectivity index is 1.45. The summed E-state index contributed by atoms with van der Waals surface area (Å²) in [6.45, 7) is 4.85. The van der Waals surface area contributed by atoms with E-state index >= 15 is 0 Å². The van der Waals surface area contributed by atoms with Gasteiger partial charge in [0.05, 0.1) is 12.8 Å². The van der Waals surface area contributed by atoms with E-state index in [1.54, 1.807) is 6.26 Å². The molecule has 0 saturated carbocycles. The number of hydrogen-bond acceptors (Lipinski definition) is 4. The molecule has 5 nitrogen and oxygen atoms in total. The standard InChI is InChI=1S/C20H30N2O3/c1-14-5-3-6-15(2)22(14)19(23)13-21-16-8-9-17(21)12-20(24,11-16)18-7-4-10-25-18/h4,7,10,14-17,24H,3,5-6,8-9,11-13H2,1-2H3. The molecular formula is C20H30N2O3. The highest BCUT2D eigenvalue weighted by Crippen LogP contribution is 2.45. The van der Waals surface area contributed by atoms with Gasteiger partial charge in [0.2, 0.25) is 5.91 Å². The van der Waals surface area contributed by atoms with Crippen molar-refractivity contribution in [3.05, 3.63) is 24.2 Å². The number of likely N-dealkylation sites (tertiary alicyclic amines) is 1. The largest absolute Gasteiger partial charge is 0.466 e. The maximum Gasteiger partial charge on any atom is 0.237 e. The van der Waals surface area contributed by atoms with Crippen molar-refractivity contribution in [2.24, 2.45) is 0 Å². The van der Waals surface area contributed by atoms with Crippen molar-refractivity contribution in [3.8, 4) is 0 Å². The van der Waals surface area contributed by atoms with Crippen LogP contribution in [0.3, 0.4) is 0 Å². The topological polar surface area (TPSA) is 56.9 Å². The number of carbonyl (C=O) groups excluding carboxylic acids is 1. The van der Waals surface area contributed by atoms with Crippen LogP contribution in [-0.2, 0) is 10.4 Å². The molecule has 3 aliphatic heterocycles. The highest BCUT2D eigenvalue weighted by molar-refractivity contribution is 5.79. The van der Waals surface area contributed by atoms with Crippen LogP contribution in [0.5, 0.6) is 0 Å². The first-order chi connectivity index (χ1) is 12.0. The summed E-state index contributed by atoms with van der Waals surface area (Å²) in [5.41, 5.74) is -0.874. The first-order valence-corrected chi connectivity index (χ1v) is 9.81. The van der Waals surface area contributed by atoms with E-state index < -0.39 is 5.60 Å². The number of carbonyl (C=O) groups is 1. The molecule has 3 aliphatic rings. The highest BCUT2D eigenvalue weighted by atomic mass is 16.4. The lowest BCUT2D eigenvalue weighted by Gasteiger charge is -2.45. The van der Waals surface area contributed by atoms with Gasteiger partial charge in [-0.1, -0.05) is 0 Å². The van der Waals surface area contributed by atoms with E-state index in [4.69, 9.17) is 4.42 Å². The first kappa shape index (κ1) is 17.1. The van der Waals surface area contributed by atoms with Crippen LogP contribution >= 0.6 is 0 Å². The molecule has 25 heavy (non-hydrogen) atoms. The van der Waals surface area contributed by atoms with Gasteiger partial charge in [-0.3, -0.25) is 9.69 Å². The third-order valence-electron chi connectivity index (χ3n) is 6.70. The number of furan rings is 1. The molecular weight excluding hydrogens is 316 g/mol. The number of hydrogen-bond donors (Lipinski definition) is 1. The van der Waals surface area contributed by atoms with E-state index in [1.165, 1.54) is 6.42 Å². The summed E-state index contributed by atoms with van der Waals surface area (Å²) in [6, 6.07) is 4.94. The van der Waals surface area contributed by atoms with E-state index in [0.717, 1.165) is 25.7 Å². The zero-order chi connectivity index (χ0) is 17.6. The second-order valence-electron chi connectivity index (χ2n) is 8.40. The Morgan fingerprint density at radius 3 is 2.40 bits per heavy atom. The van der Waals surface area contributed by atoms with Crippen molar-refractivity contribution < 1.29 is 14.3 Å². The van der Waals surface area contributed by atoms with Crippen molar-refractivity contribution in [1.29, 1.82) is 0 Å². The summed E-state index contributed by atoms with van der Waals surface area (Å²) in [7, 11) is 0. The number of piperidine rings is 2. The molecule has 0 radical (unpaired) electrons. The number of rotatable bonds is 3. The van der Waals surface area contributed by atoms with Crippen molar-refractivity contribution in [2.45, 2.75) is 88.6 Å². The van der Waals surface area contributed by atoms with Gasteiger partial charge in [-0.05, 0) is 70.9 Å². The van der Waals surface area contributed by atoms with Crippen molar-refractivity contribution in [2.75, 3.05) is 6.54 Å². The van der Waals surface area contributed by atoms with Crippen LogP contribution in [0.2, 0.25) is 0 Å². The average molecular weight is 346 g/mol. The van der Waals surface area contributed by atoms with Crippen LogP contribution in [0.4, 0.5) is 0 Å². The lowest BCUT2D eigenvalue weighted by molar-refractivity contribution is -0.142. The molecule has 138 valence electrons. The Labute approximate surface area is 150 Å². The molecule has 0 spiro atoms. The maximum atomic E-state index is 13.0. The maximum absolute atomic E-state index is 13.0. The first-order valence-electron chi connectivity index (χ1n) is 9.81.